The van der Waals surface area contributed by atoms with Crippen molar-refractivity contribution in [2.75, 3.05) is 16.4 Å². The van der Waals surface area contributed by atoms with Crippen LogP contribution in [-0.4, -0.2) is 17.6 Å². The largest absolute Gasteiger partial charge is 0.325 e. The Bertz CT molecular complexity index is 999. The molecule has 1 aromatic carbocycles. The predicted molar refractivity (Wildman–Crippen MR) is 124 cm³/mol. The number of thiophene rings is 1. The molecule has 30 heavy (non-hydrogen) atoms. The average molecular weight is 442 g/mol. The number of hydrogen-bond donors (Lipinski definition) is 2. The molecule has 2 N–H and O–H groups in total. The van der Waals surface area contributed by atoms with Gasteiger partial charge in [-0.1, -0.05) is 32.9 Å². The van der Waals surface area contributed by atoms with Gasteiger partial charge in [-0.2, -0.15) is 5.26 Å². The van der Waals surface area contributed by atoms with Gasteiger partial charge in [-0.3, -0.25) is 9.59 Å². The van der Waals surface area contributed by atoms with E-state index in [2.05, 4.69) is 37.5 Å². The maximum absolute atomic E-state index is 12.6. The molecule has 0 saturated heterocycles. The van der Waals surface area contributed by atoms with Gasteiger partial charge in [-0.05, 0) is 48.3 Å². The molecule has 0 radical (unpaired) electrons. The van der Waals surface area contributed by atoms with Crippen molar-refractivity contribution in [3.63, 3.8) is 0 Å². The monoisotopic (exact) mass is 441 g/mol. The minimum absolute atomic E-state index is 0.149. The number of nitrogens with one attached hydrogen (secondary N) is 2. The number of para-hydroxylation sites is 1. The molecular weight excluding hydrogens is 414 g/mol. The smallest absolute Gasteiger partial charge is 0.235 e. The van der Waals surface area contributed by atoms with Gasteiger partial charge in [0.05, 0.1) is 17.0 Å². The van der Waals surface area contributed by atoms with Crippen LogP contribution in [0.4, 0.5) is 10.7 Å². The topological polar surface area (TPSA) is 82.0 Å². The van der Waals surface area contributed by atoms with Gasteiger partial charge >= 0.3 is 0 Å². The van der Waals surface area contributed by atoms with E-state index in [1.165, 1.54) is 23.6 Å². The molecule has 0 spiro atoms. The molecule has 0 aliphatic heterocycles. The van der Waals surface area contributed by atoms with E-state index in [9.17, 15) is 14.9 Å². The SMILES string of the molecule is CC(=O)Nc1ccccc1SCC(=O)Nc1sc2c(c1C#N)CC[C@@H](C(C)(C)C)C2. The molecule has 0 bridgehead atoms. The van der Waals surface area contributed by atoms with Gasteiger partial charge in [0.1, 0.15) is 11.1 Å². The van der Waals surface area contributed by atoms with E-state index >= 15 is 0 Å². The number of rotatable bonds is 5. The highest BCUT2D eigenvalue weighted by molar-refractivity contribution is 8.00. The number of thioether (sulfide) groups is 1. The summed E-state index contributed by atoms with van der Waals surface area (Å²) in [5.74, 6) is 0.484. The van der Waals surface area contributed by atoms with E-state index in [0.717, 1.165) is 29.7 Å². The third-order valence-corrected chi connectivity index (χ3v) is 7.65. The van der Waals surface area contributed by atoms with Crippen molar-refractivity contribution >= 4 is 45.6 Å². The van der Waals surface area contributed by atoms with Crippen LogP contribution in [0.1, 0.15) is 50.1 Å². The molecule has 0 saturated carbocycles. The summed E-state index contributed by atoms with van der Waals surface area (Å²) >= 11 is 2.91. The first-order valence-electron chi connectivity index (χ1n) is 10.0. The number of nitrogens with zero attached hydrogens (tertiary/aromatic N) is 1. The number of benzene rings is 1. The van der Waals surface area contributed by atoms with Gasteiger partial charge in [0, 0.05) is 16.7 Å². The van der Waals surface area contributed by atoms with Gasteiger partial charge < -0.3 is 10.6 Å². The van der Waals surface area contributed by atoms with Gasteiger partial charge in [0.25, 0.3) is 0 Å². The van der Waals surface area contributed by atoms with E-state index in [-0.39, 0.29) is 23.0 Å². The Morgan fingerprint density at radius 2 is 2.00 bits per heavy atom. The zero-order valence-corrected chi connectivity index (χ0v) is 19.4. The number of hydrogen-bond acceptors (Lipinski definition) is 5. The molecule has 0 fully saturated rings. The Balaban J connectivity index is 1.69. The van der Waals surface area contributed by atoms with Gasteiger partial charge in [-0.15, -0.1) is 23.1 Å². The zero-order chi connectivity index (χ0) is 21.9. The van der Waals surface area contributed by atoms with Crippen molar-refractivity contribution in [2.24, 2.45) is 11.3 Å². The van der Waals surface area contributed by atoms with Crippen LogP contribution in [0.3, 0.4) is 0 Å². The van der Waals surface area contributed by atoms with E-state index in [1.54, 1.807) is 11.3 Å². The number of carbonyl (C=O) groups excluding carboxylic acids is 2. The lowest BCUT2D eigenvalue weighted by molar-refractivity contribution is -0.114. The highest BCUT2D eigenvalue weighted by Crippen LogP contribution is 2.44. The molecule has 1 heterocycles. The van der Waals surface area contributed by atoms with Crippen molar-refractivity contribution in [1.82, 2.24) is 0 Å². The first-order chi connectivity index (χ1) is 14.2. The molecule has 5 nitrogen and oxygen atoms in total. The molecule has 3 rings (SSSR count). The maximum atomic E-state index is 12.6. The summed E-state index contributed by atoms with van der Waals surface area (Å²) in [6.45, 7) is 8.25. The third-order valence-electron chi connectivity index (χ3n) is 5.41. The zero-order valence-electron chi connectivity index (χ0n) is 17.8. The Morgan fingerprint density at radius 1 is 1.27 bits per heavy atom. The van der Waals surface area contributed by atoms with Crippen molar-refractivity contribution in [1.29, 1.82) is 5.26 Å². The molecule has 158 valence electrons. The fourth-order valence-electron chi connectivity index (χ4n) is 3.72. The summed E-state index contributed by atoms with van der Waals surface area (Å²) < 4.78 is 0. The summed E-state index contributed by atoms with van der Waals surface area (Å²) in [6, 6.07) is 9.71. The second-order valence-corrected chi connectivity index (χ2v) is 10.8. The van der Waals surface area contributed by atoms with Gasteiger partial charge in [-0.25, -0.2) is 0 Å². The van der Waals surface area contributed by atoms with Crippen LogP contribution >= 0.6 is 23.1 Å². The second-order valence-electron chi connectivity index (χ2n) is 8.64. The summed E-state index contributed by atoms with van der Waals surface area (Å²) in [4.78, 5) is 26.0. The lowest BCUT2D eigenvalue weighted by Gasteiger charge is -2.33. The van der Waals surface area contributed by atoms with Crippen LogP contribution in [0.15, 0.2) is 29.2 Å². The summed E-state index contributed by atoms with van der Waals surface area (Å²) in [5, 5.41) is 16.1. The number of nitriles is 1. The standard InChI is InChI=1S/C23H27N3O2S2/c1-14(27)25-18-7-5-6-8-19(18)29-13-21(28)26-22-17(12-24)16-10-9-15(23(2,3)4)11-20(16)30-22/h5-8,15H,9-11,13H2,1-4H3,(H,25,27)(H,26,28)/t15-/m1/s1. The molecule has 1 aromatic heterocycles. The van der Waals surface area contributed by atoms with Crippen LogP contribution in [-0.2, 0) is 22.4 Å². The van der Waals surface area contributed by atoms with Crippen molar-refractivity contribution in [3.05, 3.63) is 40.3 Å². The van der Waals surface area contributed by atoms with Crippen molar-refractivity contribution in [2.45, 2.75) is 51.9 Å². The summed E-state index contributed by atoms with van der Waals surface area (Å²) in [6.07, 6.45) is 2.93. The number of fused-ring (bicyclic) bond motifs is 1. The average Bonchev–Trinajstić information content (AvgIpc) is 3.02. The van der Waals surface area contributed by atoms with Crippen LogP contribution in [0, 0.1) is 22.7 Å². The lowest BCUT2D eigenvalue weighted by atomic mass is 9.72. The summed E-state index contributed by atoms with van der Waals surface area (Å²) in [7, 11) is 0. The Hall–Kier alpha value is -2.30. The van der Waals surface area contributed by atoms with E-state index in [0.29, 0.717) is 22.2 Å². The predicted octanol–water partition coefficient (Wildman–Crippen LogP) is 5.46. The van der Waals surface area contributed by atoms with Gasteiger partial charge in [0.2, 0.25) is 11.8 Å². The van der Waals surface area contributed by atoms with E-state index in [1.807, 2.05) is 24.3 Å². The van der Waals surface area contributed by atoms with Gasteiger partial charge in [0.15, 0.2) is 0 Å². The molecule has 1 aliphatic carbocycles. The Labute approximate surface area is 186 Å². The molecule has 2 aromatic rings. The van der Waals surface area contributed by atoms with Crippen LogP contribution in [0.5, 0.6) is 0 Å². The fourth-order valence-corrected chi connectivity index (χ4v) is 5.83. The fraction of sp³-hybridized carbons (Fsp3) is 0.435. The highest BCUT2D eigenvalue weighted by Gasteiger charge is 2.32. The maximum Gasteiger partial charge on any atom is 0.235 e. The second kappa shape index (κ2) is 9.23. The summed E-state index contributed by atoms with van der Waals surface area (Å²) in [5.41, 5.74) is 2.66. The molecule has 7 heteroatoms. The van der Waals surface area contributed by atoms with Crippen LogP contribution in [0.2, 0.25) is 0 Å². The lowest BCUT2D eigenvalue weighted by Crippen LogP contribution is -2.26. The number of carbonyl (C=O) groups is 2. The number of amides is 2. The van der Waals surface area contributed by atoms with Crippen LogP contribution < -0.4 is 10.6 Å². The van der Waals surface area contributed by atoms with Crippen molar-refractivity contribution < 1.29 is 9.59 Å². The number of anilines is 2. The first kappa shape index (κ1) is 22.4. The molecule has 0 unspecified atom stereocenters. The highest BCUT2D eigenvalue weighted by atomic mass is 32.2. The normalized spacial score (nSPS) is 15.8. The minimum Gasteiger partial charge on any atom is -0.325 e. The van der Waals surface area contributed by atoms with Crippen LogP contribution in [0.25, 0.3) is 0 Å². The molecule has 1 aliphatic rings. The molecule has 2 amide bonds. The quantitative estimate of drug-likeness (QED) is 0.604. The first-order valence-corrected chi connectivity index (χ1v) is 11.8. The van der Waals surface area contributed by atoms with Crippen molar-refractivity contribution in [3.8, 4) is 6.07 Å². The van der Waals surface area contributed by atoms with E-state index < -0.39 is 0 Å². The Kier molecular flexibility index (Phi) is 6.89. The minimum atomic E-state index is -0.153. The molecule has 1 atom stereocenters. The third kappa shape index (κ3) is 5.24. The Morgan fingerprint density at radius 3 is 2.67 bits per heavy atom. The van der Waals surface area contributed by atoms with E-state index in [4.69, 9.17) is 0 Å². The molecular formula is C23H27N3O2S2.